The van der Waals surface area contributed by atoms with Gasteiger partial charge in [-0.05, 0) is 59.0 Å². The van der Waals surface area contributed by atoms with Crippen molar-refractivity contribution in [3.8, 4) is 0 Å². The number of hydrogen-bond donors (Lipinski definition) is 0. The van der Waals surface area contributed by atoms with Gasteiger partial charge in [-0.2, -0.15) is 0 Å². The van der Waals surface area contributed by atoms with Crippen molar-refractivity contribution in [3.63, 3.8) is 0 Å². The molecular formula is C17H36N4. The highest BCUT2D eigenvalue weighted by Gasteiger charge is 2.16. The summed E-state index contributed by atoms with van der Waals surface area (Å²) >= 11 is 0. The molecule has 2 saturated heterocycles. The van der Waals surface area contributed by atoms with Crippen LogP contribution in [-0.4, -0.2) is 98.6 Å². The van der Waals surface area contributed by atoms with Crippen LogP contribution in [0.2, 0.25) is 0 Å². The van der Waals surface area contributed by atoms with Crippen molar-refractivity contribution in [1.82, 2.24) is 19.6 Å². The van der Waals surface area contributed by atoms with Gasteiger partial charge in [0.2, 0.25) is 0 Å². The van der Waals surface area contributed by atoms with Gasteiger partial charge in [-0.1, -0.05) is 13.3 Å². The van der Waals surface area contributed by atoms with Crippen LogP contribution in [0.1, 0.15) is 32.6 Å². The molecule has 2 fully saturated rings. The van der Waals surface area contributed by atoms with Crippen molar-refractivity contribution in [3.05, 3.63) is 0 Å². The average molecular weight is 297 g/mol. The van der Waals surface area contributed by atoms with E-state index in [1.165, 1.54) is 97.7 Å². The SMILES string of the molecule is CCCCN1CCCN2CCN(C)CCCN(CC1)CC2. The van der Waals surface area contributed by atoms with Crippen molar-refractivity contribution in [2.24, 2.45) is 0 Å². The summed E-state index contributed by atoms with van der Waals surface area (Å²) in [6, 6.07) is 0. The van der Waals surface area contributed by atoms with E-state index >= 15 is 0 Å². The van der Waals surface area contributed by atoms with Crippen molar-refractivity contribution in [1.29, 1.82) is 0 Å². The molecule has 0 amide bonds. The Kier molecular flexibility index (Phi) is 8.01. The molecule has 4 nitrogen and oxygen atoms in total. The van der Waals surface area contributed by atoms with Gasteiger partial charge in [0.1, 0.15) is 0 Å². The number of fused-ring (bicyclic) bond motifs is 3. The summed E-state index contributed by atoms with van der Waals surface area (Å²) in [6.07, 6.45) is 5.34. The third-order valence-corrected chi connectivity index (χ3v) is 5.05. The predicted octanol–water partition coefficient (Wildman–Crippen LogP) is 1.43. The first kappa shape index (κ1) is 17.2. The number of nitrogens with zero attached hydrogens (tertiary/aromatic N) is 4. The van der Waals surface area contributed by atoms with Gasteiger partial charge in [-0.3, -0.25) is 0 Å². The van der Waals surface area contributed by atoms with Gasteiger partial charge in [-0.25, -0.2) is 0 Å². The Labute approximate surface area is 132 Å². The van der Waals surface area contributed by atoms with E-state index in [0.29, 0.717) is 0 Å². The summed E-state index contributed by atoms with van der Waals surface area (Å²) in [6.45, 7) is 16.3. The number of rotatable bonds is 3. The van der Waals surface area contributed by atoms with Crippen LogP contribution in [0.5, 0.6) is 0 Å². The van der Waals surface area contributed by atoms with Crippen LogP contribution in [-0.2, 0) is 0 Å². The molecule has 0 radical (unpaired) electrons. The molecule has 2 unspecified atom stereocenters. The van der Waals surface area contributed by atoms with Gasteiger partial charge in [0.25, 0.3) is 0 Å². The van der Waals surface area contributed by atoms with Crippen LogP contribution in [0.15, 0.2) is 0 Å². The number of unbranched alkanes of at least 4 members (excludes halogenated alkanes) is 1. The fraction of sp³-hybridized carbons (Fsp3) is 1.00. The summed E-state index contributed by atoms with van der Waals surface area (Å²) in [4.78, 5) is 10.6. The number of hydrogen-bond acceptors (Lipinski definition) is 4. The quantitative estimate of drug-likeness (QED) is 0.781. The monoisotopic (exact) mass is 296 g/mol. The van der Waals surface area contributed by atoms with E-state index in [-0.39, 0.29) is 0 Å². The fourth-order valence-electron chi connectivity index (χ4n) is 3.46. The standard InChI is InChI=1S/C17H36N4/c1-3-4-8-19-10-6-11-20-13-12-18(2)7-5-9-21(15-14-19)17-16-20/h3-17H2,1-2H3. The van der Waals surface area contributed by atoms with Crippen LogP contribution in [0.25, 0.3) is 0 Å². The first-order chi connectivity index (χ1) is 10.3. The Balaban J connectivity index is 1.91. The van der Waals surface area contributed by atoms with Gasteiger partial charge in [0.15, 0.2) is 0 Å². The summed E-state index contributed by atoms with van der Waals surface area (Å²) in [5, 5.41) is 0. The van der Waals surface area contributed by atoms with Gasteiger partial charge >= 0.3 is 0 Å². The fourth-order valence-corrected chi connectivity index (χ4v) is 3.46. The molecule has 2 atom stereocenters. The predicted molar refractivity (Wildman–Crippen MR) is 91.0 cm³/mol. The van der Waals surface area contributed by atoms with Crippen LogP contribution >= 0.6 is 0 Å². The molecule has 0 saturated carbocycles. The smallest absolute Gasteiger partial charge is 0.0110 e. The second-order valence-corrected chi connectivity index (χ2v) is 6.89. The molecule has 0 aromatic carbocycles. The second-order valence-electron chi connectivity index (χ2n) is 6.89. The molecule has 2 heterocycles. The molecule has 124 valence electrons. The third-order valence-electron chi connectivity index (χ3n) is 5.05. The lowest BCUT2D eigenvalue weighted by Gasteiger charge is -2.35. The van der Waals surface area contributed by atoms with E-state index < -0.39 is 0 Å². The zero-order valence-electron chi connectivity index (χ0n) is 14.4. The van der Waals surface area contributed by atoms with Crippen LogP contribution in [0.3, 0.4) is 0 Å². The molecule has 0 aromatic heterocycles. The normalized spacial score (nSPS) is 31.1. The molecule has 0 aromatic rings. The van der Waals surface area contributed by atoms with Crippen molar-refractivity contribution < 1.29 is 0 Å². The lowest BCUT2D eigenvalue weighted by atomic mass is 10.2. The van der Waals surface area contributed by atoms with Crippen LogP contribution < -0.4 is 0 Å². The molecule has 21 heavy (non-hydrogen) atoms. The van der Waals surface area contributed by atoms with E-state index in [9.17, 15) is 0 Å². The molecule has 0 N–H and O–H groups in total. The molecule has 2 bridgehead atoms. The lowest BCUT2D eigenvalue weighted by molar-refractivity contribution is 0.126. The van der Waals surface area contributed by atoms with Crippen LogP contribution in [0, 0.1) is 0 Å². The molecule has 2 aliphatic rings. The van der Waals surface area contributed by atoms with Crippen molar-refractivity contribution in [2.75, 3.05) is 79.0 Å². The molecule has 0 spiro atoms. The Bertz CT molecular complexity index is 272. The van der Waals surface area contributed by atoms with Gasteiger partial charge in [-0.15, -0.1) is 0 Å². The minimum atomic E-state index is 1.24. The highest BCUT2D eigenvalue weighted by Crippen LogP contribution is 2.06. The minimum Gasteiger partial charge on any atom is -0.305 e. The summed E-state index contributed by atoms with van der Waals surface area (Å²) in [5.41, 5.74) is 0. The first-order valence-electron chi connectivity index (χ1n) is 9.13. The van der Waals surface area contributed by atoms with E-state index in [4.69, 9.17) is 0 Å². The maximum Gasteiger partial charge on any atom is 0.0110 e. The molecular weight excluding hydrogens is 260 g/mol. The largest absolute Gasteiger partial charge is 0.305 e. The van der Waals surface area contributed by atoms with E-state index in [1.807, 2.05) is 0 Å². The highest BCUT2D eigenvalue weighted by molar-refractivity contribution is 4.73. The summed E-state index contributed by atoms with van der Waals surface area (Å²) in [5.74, 6) is 0. The van der Waals surface area contributed by atoms with Gasteiger partial charge < -0.3 is 19.6 Å². The summed E-state index contributed by atoms with van der Waals surface area (Å²) in [7, 11) is 2.28. The van der Waals surface area contributed by atoms with E-state index in [2.05, 4.69) is 33.6 Å². The number of likely N-dealkylation sites (N-methyl/N-ethyl adjacent to an activating group) is 1. The zero-order valence-corrected chi connectivity index (χ0v) is 14.4. The first-order valence-corrected chi connectivity index (χ1v) is 9.13. The molecule has 0 aliphatic carbocycles. The molecule has 4 heteroatoms. The Hall–Kier alpha value is -0.160. The Morgan fingerprint density at radius 1 is 0.667 bits per heavy atom. The van der Waals surface area contributed by atoms with Crippen LogP contribution in [0.4, 0.5) is 0 Å². The zero-order chi connectivity index (χ0) is 14.9. The summed E-state index contributed by atoms with van der Waals surface area (Å²) < 4.78 is 0. The average Bonchev–Trinajstić information content (AvgIpc) is 2.50. The minimum absolute atomic E-state index is 1.24. The Morgan fingerprint density at radius 3 is 2.00 bits per heavy atom. The van der Waals surface area contributed by atoms with E-state index in [0.717, 1.165) is 0 Å². The maximum atomic E-state index is 2.71. The van der Waals surface area contributed by atoms with Gasteiger partial charge in [0.05, 0.1) is 0 Å². The van der Waals surface area contributed by atoms with Crippen molar-refractivity contribution >= 4 is 0 Å². The van der Waals surface area contributed by atoms with Gasteiger partial charge in [0, 0.05) is 39.3 Å². The topological polar surface area (TPSA) is 13.0 Å². The highest BCUT2D eigenvalue weighted by atomic mass is 15.3. The lowest BCUT2D eigenvalue weighted by Crippen LogP contribution is -2.46. The van der Waals surface area contributed by atoms with Crippen molar-refractivity contribution in [2.45, 2.75) is 32.6 Å². The van der Waals surface area contributed by atoms with E-state index in [1.54, 1.807) is 0 Å². The third kappa shape index (κ3) is 6.64. The molecule has 2 aliphatic heterocycles. The Morgan fingerprint density at radius 2 is 1.29 bits per heavy atom. The maximum absolute atomic E-state index is 2.71. The molecule has 2 rings (SSSR count). The second kappa shape index (κ2) is 9.78.